The van der Waals surface area contributed by atoms with E-state index in [1.807, 2.05) is 0 Å². The van der Waals surface area contributed by atoms with Gasteiger partial charge in [0.1, 0.15) is 0 Å². The third-order valence-corrected chi connectivity index (χ3v) is 7.12. The van der Waals surface area contributed by atoms with Gasteiger partial charge >= 0.3 is 0 Å². The molecule has 0 aliphatic carbocycles. The standard InChI is InChI=1S/C34H60O4/c1-2-3-4-19-24-32-25-26-33(37-29-22-17-13-9-5-7-11-15-20-27-35)34(31-32)38-30-23-18-14-10-6-8-12-16-21-28-36/h19,24-26,31,35-36H,2-18,20-23,27-30H2,1H3. The third kappa shape index (κ3) is 20.4. The van der Waals surface area contributed by atoms with Gasteiger partial charge in [0.05, 0.1) is 13.2 Å². The molecule has 0 aliphatic rings. The lowest BCUT2D eigenvalue weighted by molar-refractivity contribution is 0.258. The topological polar surface area (TPSA) is 58.9 Å². The highest BCUT2D eigenvalue weighted by Gasteiger charge is 2.07. The fraction of sp³-hybridized carbons (Fsp3) is 0.765. The minimum atomic E-state index is 0.332. The Balaban J connectivity index is 2.33. The molecule has 0 saturated heterocycles. The molecule has 0 aromatic heterocycles. The second-order valence-electron chi connectivity index (χ2n) is 10.8. The molecule has 0 amide bonds. The summed E-state index contributed by atoms with van der Waals surface area (Å²) in [6, 6.07) is 6.36. The molecular formula is C34H60O4. The van der Waals surface area contributed by atoms with E-state index in [1.54, 1.807) is 0 Å². The third-order valence-electron chi connectivity index (χ3n) is 7.12. The first-order valence-corrected chi connectivity index (χ1v) is 16.1. The summed E-state index contributed by atoms with van der Waals surface area (Å²) in [4.78, 5) is 0. The molecule has 1 aromatic rings. The molecule has 38 heavy (non-hydrogen) atoms. The molecule has 0 unspecified atom stereocenters. The number of hydrogen-bond acceptors (Lipinski definition) is 4. The van der Waals surface area contributed by atoms with Gasteiger partial charge in [-0.1, -0.05) is 128 Å². The Morgan fingerprint density at radius 3 is 1.47 bits per heavy atom. The first kappa shape index (κ1) is 34.5. The van der Waals surface area contributed by atoms with E-state index in [2.05, 4.69) is 37.3 Å². The number of aliphatic hydroxyl groups is 2. The molecule has 0 atom stereocenters. The van der Waals surface area contributed by atoms with Crippen molar-refractivity contribution in [3.8, 4) is 11.5 Å². The average Bonchev–Trinajstić information content (AvgIpc) is 2.93. The molecule has 1 aromatic carbocycles. The van der Waals surface area contributed by atoms with E-state index in [1.165, 1.54) is 95.5 Å². The van der Waals surface area contributed by atoms with Gasteiger partial charge in [0.15, 0.2) is 11.5 Å². The second kappa shape index (κ2) is 27.1. The van der Waals surface area contributed by atoms with Crippen molar-refractivity contribution in [1.82, 2.24) is 0 Å². The summed E-state index contributed by atoms with van der Waals surface area (Å²) in [5, 5.41) is 17.7. The Kier molecular flexibility index (Phi) is 24.6. The lowest BCUT2D eigenvalue weighted by Gasteiger charge is -2.14. The maximum Gasteiger partial charge on any atom is 0.161 e. The number of allylic oxidation sites excluding steroid dienone is 1. The van der Waals surface area contributed by atoms with Crippen LogP contribution < -0.4 is 9.47 Å². The molecule has 0 bridgehead atoms. The highest BCUT2D eigenvalue weighted by atomic mass is 16.5. The van der Waals surface area contributed by atoms with Crippen LogP contribution in [0.15, 0.2) is 24.3 Å². The van der Waals surface area contributed by atoms with Crippen molar-refractivity contribution in [2.24, 2.45) is 0 Å². The molecule has 0 heterocycles. The zero-order chi connectivity index (χ0) is 27.4. The zero-order valence-electron chi connectivity index (χ0n) is 24.8. The maximum atomic E-state index is 8.85. The fourth-order valence-electron chi connectivity index (χ4n) is 4.67. The molecule has 2 N–H and O–H groups in total. The molecule has 0 fully saturated rings. The monoisotopic (exact) mass is 532 g/mol. The van der Waals surface area contributed by atoms with Crippen LogP contribution in [0.4, 0.5) is 0 Å². The van der Waals surface area contributed by atoms with E-state index in [4.69, 9.17) is 19.7 Å². The van der Waals surface area contributed by atoms with Crippen molar-refractivity contribution in [1.29, 1.82) is 0 Å². The lowest BCUT2D eigenvalue weighted by Crippen LogP contribution is -2.03. The molecule has 220 valence electrons. The first-order valence-electron chi connectivity index (χ1n) is 16.1. The average molecular weight is 533 g/mol. The Morgan fingerprint density at radius 1 is 0.553 bits per heavy atom. The summed E-state index contributed by atoms with van der Waals surface area (Å²) in [6.45, 7) is 4.38. The van der Waals surface area contributed by atoms with Gasteiger partial charge in [-0.25, -0.2) is 0 Å². The Morgan fingerprint density at radius 2 is 1.00 bits per heavy atom. The van der Waals surface area contributed by atoms with Crippen molar-refractivity contribution < 1.29 is 19.7 Å². The van der Waals surface area contributed by atoms with Gasteiger partial charge in [-0.3, -0.25) is 0 Å². The van der Waals surface area contributed by atoms with Gasteiger partial charge in [-0.2, -0.15) is 0 Å². The van der Waals surface area contributed by atoms with Crippen LogP contribution in [0.2, 0.25) is 0 Å². The first-order chi connectivity index (χ1) is 18.8. The Hall–Kier alpha value is -1.52. The summed E-state index contributed by atoms with van der Waals surface area (Å²) in [5.74, 6) is 1.76. The normalized spacial score (nSPS) is 11.4. The van der Waals surface area contributed by atoms with Crippen LogP contribution >= 0.6 is 0 Å². The lowest BCUT2D eigenvalue weighted by atomic mass is 10.1. The molecule has 4 heteroatoms. The summed E-state index contributed by atoms with van der Waals surface area (Å²) in [6.07, 6.45) is 29.7. The van der Waals surface area contributed by atoms with Gasteiger partial charge in [0.2, 0.25) is 0 Å². The predicted molar refractivity (Wildman–Crippen MR) is 163 cm³/mol. The summed E-state index contributed by atoms with van der Waals surface area (Å²) in [7, 11) is 0. The van der Waals surface area contributed by atoms with Gasteiger partial charge in [-0.15, -0.1) is 0 Å². The van der Waals surface area contributed by atoms with Gasteiger partial charge in [0.25, 0.3) is 0 Å². The van der Waals surface area contributed by atoms with Crippen LogP contribution in [-0.2, 0) is 0 Å². The van der Waals surface area contributed by atoms with Crippen LogP contribution in [0.3, 0.4) is 0 Å². The van der Waals surface area contributed by atoms with Gasteiger partial charge in [0, 0.05) is 13.2 Å². The highest BCUT2D eigenvalue weighted by molar-refractivity contribution is 5.55. The molecule has 0 spiro atoms. The minimum Gasteiger partial charge on any atom is -0.490 e. The fourth-order valence-corrected chi connectivity index (χ4v) is 4.67. The summed E-state index contributed by atoms with van der Waals surface area (Å²) >= 11 is 0. The molecule has 0 aliphatic heterocycles. The number of rotatable bonds is 28. The number of benzene rings is 1. The van der Waals surface area contributed by atoms with Crippen molar-refractivity contribution in [3.05, 3.63) is 29.8 Å². The van der Waals surface area contributed by atoms with E-state index in [0.29, 0.717) is 13.2 Å². The largest absolute Gasteiger partial charge is 0.490 e. The number of hydrogen-bond donors (Lipinski definition) is 2. The second-order valence-corrected chi connectivity index (χ2v) is 10.8. The molecule has 0 radical (unpaired) electrons. The zero-order valence-corrected chi connectivity index (χ0v) is 24.8. The van der Waals surface area contributed by atoms with Crippen molar-refractivity contribution in [2.75, 3.05) is 26.4 Å². The number of ether oxygens (including phenoxy) is 2. The van der Waals surface area contributed by atoms with E-state index in [-0.39, 0.29) is 0 Å². The van der Waals surface area contributed by atoms with Crippen LogP contribution in [0, 0.1) is 0 Å². The smallest absolute Gasteiger partial charge is 0.161 e. The van der Waals surface area contributed by atoms with Gasteiger partial charge < -0.3 is 19.7 Å². The van der Waals surface area contributed by atoms with Crippen molar-refractivity contribution in [2.45, 2.75) is 142 Å². The molecule has 0 saturated carbocycles. The van der Waals surface area contributed by atoms with E-state index < -0.39 is 0 Å². The number of unbranched alkanes of at least 4 members (excludes halogenated alkanes) is 18. The molecular weight excluding hydrogens is 472 g/mol. The summed E-state index contributed by atoms with van der Waals surface area (Å²) in [5.41, 5.74) is 1.18. The Bertz CT molecular complexity index is 658. The predicted octanol–water partition coefficient (Wildman–Crippen LogP) is 9.65. The van der Waals surface area contributed by atoms with Crippen molar-refractivity contribution in [3.63, 3.8) is 0 Å². The highest BCUT2D eigenvalue weighted by Crippen LogP contribution is 2.30. The quantitative estimate of drug-likeness (QED) is 0.105. The SMILES string of the molecule is CCCCC=Cc1ccc(OCCCCCCCCCCCO)c(OCCCCCCCCCCCO)c1. The minimum absolute atomic E-state index is 0.332. The van der Waals surface area contributed by atoms with E-state index in [0.717, 1.165) is 69.7 Å². The van der Waals surface area contributed by atoms with Crippen LogP contribution in [-0.4, -0.2) is 36.6 Å². The molecule has 1 rings (SSSR count). The Labute approximate surface area is 235 Å². The number of aliphatic hydroxyl groups excluding tert-OH is 2. The maximum absolute atomic E-state index is 8.85. The van der Waals surface area contributed by atoms with E-state index >= 15 is 0 Å². The van der Waals surface area contributed by atoms with Gasteiger partial charge in [-0.05, 0) is 49.8 Å². The van der Waals surface area contributed by atoms with E-state index in [9.17, 15) is 0 Å². The summed E-state index contributed by atoms with van der Waals surface area (Å²) < 4.78 is 12.4. The molecule has 4 nitrogen and oxygen atoms in total. The van der Waals surface area contributed by atoms with Crippen LogP contribution in [0.5, 0.6) is 11.5 Å². The van der Waals surface area contributed by atoms with Crippen molar-refractivity contribution >= 4 is 6.08 Å². The van der Waals surface area contributed by atoms with Crippen LogP contribution in [0.25, 0.3) is 6.08 Å². The van der Waals surface area contributed by atoms with Crippen LogP contribution in [0.1, 0.15) is 147 Å².